The minimum Gasteiger partial charge on any atom is -0.455 e. The molecule has 2 bridgehead atoms. The van der Waals surface area contributed by atoms with Crippen LogP contribution in [-0.2, 0) is 28.7 Å². The van der Waals surface area contributed by atoms with Gasteiger partial charge in [-0.1, -0.05) is 72.8 Å². The molecule has 11 heteroatoms. The van der Waals surface area contributed by atoms with E-state index in [1.165, 1.54) is 4.90 Å². The molecule has 3 aromatic carbocycles. The van der Waals surface area contributed by atoms with Gasteiger partial charge in [-0.15, -0.1) is 13.2 Å². The lowest BCUT2D eigenvalue weighted by atomic mass is 9.70. The lowest BCUT2D eigenvalue weighted by Crippen LogP contribution is -2.57. The first kappa shape index (κ1) is 41.4. The van der Waals surface area contributed by atoms with E-state index < -0.39 is 66.3 Å². The molecular weight excluding hydrogens is 721 g/mol. The van der Waals surface area contributed by atoms with Gasteiger partial charge in [0, 0.05) is 44.5 Å². The van der Waals surface area contributed by atoms with Crippen molar-refractivity contribution in [2.24, 2.45) is 11.8 Å². The van der Waals surface area contributed by atoms with Crippen molar-refractivity contribution in [3.05, 3.63) is 121 Å². The number of rotatable bonds is 18. The van der Waals surface area contributed by atoms with Crippen LogP contribution in [0.2, 0.25) is 0 Å². The third kappa shape index (κ3) is 7.75. The number of hydrogen-bond donors (Lipinski definition) is 1. The number of fused-ring (bicyclic) bond motifs is 1. The van der Waals surface area contributed by atoms with Crippen molar-refractivity contribution in [2.45, 2.75) is 82.4 Å². The van der Waals surface area contributed by atoms with Crippen molar-refractivity contribution < 1.29 is 33.8 Å². The summed E-state index contributed by atoms with van der Waals surface area (Å²) in [4.78, 5) is 65.1. The monoisotopic (exact) mass is 776 g/mol. The summed E-state index contributed by atoms with van der Waals surface area (Å²) in [6.45, 7) is 15.0. The number of aliphatic hydroxyl groups is 1. The summed E-state index contributed by atoms with van der Waals surface area (Å²) in [7, 11) is 1.69. The average Bonchev–Trinajstić information content (AvgIpc) is 3.89. The van der Waals surface area contributed by atoms with Crippen LogP contribution in [0.5, 0.6) is 0 Å². The maximum atomic E-state index is 15.3. The van der Waals surface area contributed by atoms with E-state index >= 15 is 9.59 Å². The van der Waals surface area contributed by atoms with E-state index in [1.807, 2.05) is 91.9 Å². The molecule has 0 radical (unpaired) electrons. The van der Waals surface area contributed by atoms with Gasteiger partial charge in [-0.3, -0.25) is 19.2 Å². The Hall–Kier alpha value is -5.26. The van der Waals surface area contributed by atoms with Gasteiger partial charge in [-0.2, -0.15) is 0 Å². The molecule has 57 heavy (non-hydrogen) atoms. The van der Waals surface area contributed by atoms with Crippen molar-refractivity contribution in [3.63, 3.8) is 0 Å². The highest BCUT2D eigenvalue weighted by Crippen LogP contribution is 2.60. The van der Waals surface area contributed by atoms with E-state index in [2.05, 4.69) is 31.9 Å². The molecule has 0 unspecified atom stereocenters. The zero-order valence-electron chi connectivity index (χ0n) is 33.5. The van der Waals surface area contributed by atoms with Crippen LogP contribution < -0.4 is 9.80 Å². The molecule has 3 saturated heterocycles. The van der Waals surface area contributed by atoms with Gasteiger partial charge in [0.1, 0.15) is 17.7 Å². The van der Waals surface area contributed by atoms with Gasteiger partial charge >= 0.3 is 5.97 Å². The number of aliphatic hydroxyl groups excluding tert-OH is 1. The molecular formula is C46H56N4O7. The van der Waals surface area contributed by atoms with Crippen molar-refractivity contribution in [1.82, 2.24) is 9.80 Å². The summed E-state index contributed by atoms with van der Waals surface area (Å²) >= 11 is 0. The number of ether oxygens (including phenoxy) is 2. The van der Waals surface area contributed by atoms with Crippen LogP contribution in [0.3, 0.4) is 0 Å². The normalized spacial score (nSPS) is 23.6. The molecule has 6 rings (SSSR count). The SMILES string of the molecule is C=CCCC(=O)N(C)[C@@H](C)[C@@H](OC(=O)[C@@H]1[C@H]2C(=O)N([C@H](CO)c3ccccc3)[C@H](C(=O)N(CC=C)c3ccc(N(CC)CC)cc3)[C@]23CC[C@H]1O3)c1ccccc1. The molecule has 3 heterocycles. The second-order valence-corrected chi connectivity index (χ2v) is 15.2. The topological polar surface area (TPSA) is 120 Å². The predicted molar refractivity (Wildman–Crippen MR) is 220 cm³/mol. The second-order valence-electron chi connectivity index (χ2n) is 15.2. The molecule has 0 aliphatic carbocycles. The summed E-state index contributed by atoms with van der Waals surface area (Å²) in [5.41, 5.74) is 1.63. The molecule has 1 N–H and O–H groups in total. The summed E-state index contributed by atoms with van der Waals surface area (Å²) in [6, 6.07) is 23.5. The maximum absolute atomic E-state index is 15.3. The first-order valence-corrected chi connectivity index (χ1v) is 20.1. The van der Waals surface area contributed by atoms with Gasteiger partial charge in [0.05, 0.1) is 36.6 Å². The van der Waals surface area contributed by atoms with Crippen molar-refractivity contribution in [3.8, 4) is 0 Å². The van der Waals surface area contributed by atoms with Gasteiger partial charge in [-0.05, 0) is 75.4 Å². The Bertz CT molecular complexity index is 1900. The predicted octanol–water partition coefficient (Wildman–Crippen LogP) is 6.26. The van der Waals surface area contributed by atoms with Crippen LogP contribution in [0.4, 0.5) is 11.4 Å². The minimum absolute atomic E-state index is 0.118. The third-order valence-corrected chi connectivity index (χ3v) is 12.2. The van der Waals surface area contributed by atoms with Crippen molar-refractivity contribution in [2.75, 3.05) is 43.1 Å². The number of hydrogen-bond acceptors (Lipinski definition) is 8. The summed E-state index contributed by atoms with van der Waals surface area (Å²) < 4.78 is 13.2. The standard InChI is InChI=1S/C46H56N4O7/c1-7-11-22-38(52)47(6)31(5)41(33-20-16-13-17-21-33)56-45(55)39-37-27-28-46(57-37)40(39)43(53)50(36(30-51)32-18-14-12-15-19-32)42(46)44(54)49(29-8-2)35-25-23-34(24-26-35)48(9-3)10-4/h7-8,12-21,23-26,31,36-37,39-42,51H,1-2,9-11,22,27-30H2,3-6H3/t31-,36+,37+,39-,40-,41+,42+,46-/m0/s1. The number of likely N-dealkylation sites (N-methyl/N-ethyl adjacent to an activating group) is 1. The van der Waals surface area contributed by atoms with Gasteiger partial charge in [0.25, 0.3) is 5.91 Å². The molecule has 8 atom stereocenters. The van der Waals surface area contributed by atoms with Gasteiger partial charge in [-0.25, -0.2) is 0 Å². The van der Waals surface area contributed by atoms with E-state index in [4.69, 9.17) is 9.47 Å². The van der Waals surface area contributed by atoms with Crippen LogP contribution in [0.15, 0.2) is 110 Å². The third-order valence-electron chi connectivity index (χ3n) is 12.2. The van der Waals surface area contributed by atoms with E-state index in [0.29, 0.717) is 36.1 Å². The Kier molecular flexibility index (Phi) is 13.0. The van der Waals surface area contributed by atoms with Crippen LogP contribution in [0.25, 0.3) is 0 Å². The number of carbonyl (C=O) groups is 4. The Balaban J connectivity index is 1.39. The molecule has 3 aliphatic heterocycles. The van der Waals surface area contributed by atoms with Crippen molar-refractivity contribution >= 4 is 35.1 Å². The largest absolute Gasteiger partial charge is 0.455 e. The molecule has 0 aromatic heterocycles. The Morgan fingerprint density at radius 3 is 2.14 bits per heavy atom. The van der Waals surface area contributed by atoms with Crippen LogP contribution in [-0.4, -0.2) is 95.7 Å². The second kappa shape index (κ2) is 17.9. The van der Waals surface area contributed by atoms with E-state index in [0.717, 1.165) is 18.8 Å². The highest BCUT2D eigenvalue weighted by Gasteiger charge is 2.76. The van der Waals surface area contributed by atoms with Crippen LogP contribution >= 0.6 is 0 Å². The summed E-state index contributed by atoms with van der Waals surface area (Å²) in [5, 5.41) is 11.0. The highest BCUT2D eigenvalue weighted by molar-refractivity contribution is 6.05. The number of esters is 1. The van der Waals surface area contributed by atoms with E-state index in [1.54, 1.807) is 29.0 Å². The molecule has 3 fully saturated rings. The number of benzene rings is 3. The van der Waals surface area contributed by atoms with E-state index in [-0.39, 0.29) is 24.8 Å². The average molecular weight is 777 g/mol. The zero-order chi connectivity index (χ0) is 40.9. The van der Waals surface area contributed by atoms with Gasteiger partial charge in [0.2, 0.25) is 11.8 Å². The lowest BCUT2D eigenvalue weighted by molar-refractivity contribution is -0.165. The van der Waals surface area contributed by atoms with Crippen molar-refractivity contribution in [1.29, 1.82) is 0 Å². The first-order valence-electron chi connectivity index (χ1n) is 20.1. The molecule has 0 saturated carbocycles. The molecule has 3 aromatic rings. The zero-order valence-corrected chi connectivity index (χ0v) is 33.5. The van der Waals surface area contributed by atoms with Gasteiger partial charge < -0.3 is 34.2 Å². The molecule has 302 valence electrons. The Labute approximate surface area is 336 Å². The molecule has 3 amide bonds. The first-order chi connectivity index (χ1) is 27.6. The number of anilines is 2. The van der Waals surface area contributed by atoms with Crippen LogP contribution in [0.1, 0.15) is 69.7 Å². The number of amides is 3. The maximum Gasteiger partial charge on any atom is 0.313 e. The quantitative estimate of drug-likeness (QED) is 0.119. The van der Waals surface area contributed by atoms with Crippen LogP contribution in [0, 0.1) is 11.8 Å². The number of likely N-dealkylation sites (tertiary alicyclic amines) is 1. The molecule has 11 nitrogen and oxygen atoms in total. The fraction of sp³-hybridized carbons (Fsp3) is 0.435. The summed E-state index contributed by atoms with van der Waals surface area (Å²) in [6.07, 6.45) is 3.37. The minimum atomic E-state index is -1.36. The number of carbonyl (C=O) groups excluding carboxylic acids is 4. The number of allylic oxidation sites excluding steroid dienone is 1. The van der Waals surface area contributed by atoms with E-state index in [9.17, 15) is 14.7 Å². The van der Waals surface area contributed by atoms with Gasteiger partial charge in [0.15, 0.2) is 0 Å². The Morgan fingerprint density at radius 1 is 0.947 bits per heavy atom. The number of nitrogens with zero attached hydrogens (tertiary/aromatic N) is 4. The Morgan fingerprint density at radius 2 is 1.56 bits per heavy atom. The summed E-state index contributed by atoms with van der Waals surface area (Å²) in [5.74, 6) is -3.66. The molecule has 1 spiro atoms. The fourth-order valence-corrected chi connectivity index (χ4v) is 9.16. The molecule has 3 aliphatic rings. The highest BCUT2D eigenvalue weighted by atomic mass is 16.6. The smallest absolute Gasteiger partial charge is 0.313 e. The lowest BCUT2D eigenvalue weighted by Gasteiger charge is -2.39. The fourth-order valence-electron chi connectivity index (χ4n) is 9.16.